The Kier molecular flexibility index (Phi) is 4.20. The molecule has 2 aromatic rings. The van der Waals surface area contributed by atoms with E-state index >= 15 is 0 Å². The number of amides is 1. The lowest BCUT2D eigenvalue weighted by Crippen LogP contribution is -2.30. The standard InChI is InChI=1S/C16H16N2O3S/c1-21-16(20)11-6-7-12(17-10-11)15(19)18-8-2-4-13(18)14-5-3-9-22-14/h3,5-7,9-10,13H,2,4,8H2,1H3. The molecule has 0 N–H and O–H groups in total. The van der Waals surface area contributed by atoms with Gasteiger partial charge in [0.05, 0.1) is 18.7 Å². The number of methoxy groups -OCH3 is 1. The van der Waals surface area contributed by atoms with Crippen LogP contribution in [0.3, 0.4) is 0 Å². The summed E-state index contributed by atoms with van der Waals surface area (Å²) in [4.78, 5) is 31.2. The highest BCUT2D eigenvalue weighted by atomic mass is 32.1. The summed E-state index contributed by atoms with van der Waals surface area (Å²) in [6.07, 6.45) is 3.36. The Morgan fingerprint density at radius 2 is 2.23 bits per heavy atom. The second-order valence-electron chi connectivity index (χ2n) is 5.10. The molecule has 1 saturated heterocycles. The van der Waals surface area contributed by atoms with Crippen molar-refractivity contribution >= 4 is 23.2 Å². The number of carbonyl (C=O) groups is 2. The highest BCUT2D eigenvalue weighted by Crippen LogP contribution is 2.35. The number of hydrogen-bond donors (Lipinski definition) is 0. The lowest BCUT2D eigenvalue weighted by molar-refractivity contribution is 0.0598. The minimum atomic E-state index is -0.455. The first-order valence-electron chi connectivity index (χ1n) is 7.09. The molecule has 3 rings (SSSR count). The lowest BCUT2D eigenvalue weighted by atomic mass is 10.1. The first kappa shape index (κ1) is 14.7. The van der Waals surface area contributed by atoms with Gasteiger partial charge >= 0.3 is 5.97 Å². The van der Waals surface area contributed by atoms with Crippen molar-refractivity contribution in [1.82, 2.24) is 9.88 Å². The maximum Gasteiger partial charge on any atom is 0.339 e. The van der Waals surface area contributed by atoms with Crippen LogP contribution in [0.25, 0.3) is 0 Å². The van der Waals surface area contributed by atoms with Crippen molar-refractivity contribution in [2.45, 2.75) is 18.9 Å². The number of rotatable bonds is 3. The average Bonchev–Trinajstić information content (AvgIpc) is 3.24. The van der Waals surface area contributed by atoms with E-state index < -0.39 is 5.97 Å². The van der Waals surface area contributed by atoms with Crippen LogP contribution in [-0.4, -0.2) is 35.4 Å². The van der Waals surface area contributed by atoms with Crippen molar-refractivity contribution in [3.05, 3.63) is 52.0 Å². The third-order valence-electron chi connectivity index (χ3n) is 3.79. The Balaban J connectivity index is 1.79. The molecule has 22 heavy (non-hydrogen) atoms. The molecule has 0 spiro atoms. The number of carbonyl (C=O) groups excluding carboxylic acids is 2. The molecule has 1 aliphatic rings. The zero-order chi connectivity index (χ0) is 15.5. The molecule has 1 aliphatic heterocycles. The summed E-state index contributed by atoms with van der Waals surface area (Å²) in [6, 6.07) is 7.36. The summed E-state index contributed by atoms with van der Waals surface area (Å²) in [5.74, 6) is -0.545. The van der Waals surface area contributed by atoms with E-state index in [0.29, 0.717) is 11.3 Å². The average molecular weight is 316 g/mol. The van der Waals surface area contributed by atoms with Crippen LogP contribution in [0.1, 0.15) is 44.6 Å². The highest BCUT2D eigenvalue weighted by Gasteiger charge is 2.31. The summed E-state index contributed by atoms with van der Waals surface area (Å²) in [5.41, 5.74) is 0.700. The molecule has 0 aromatic carbocycles. The molecule has 0 aliphatic carbocycles. The zero-order valence-corrected chi connectivity index (χ0v) is 13.0. The molecule has 6 heteroatoms. The van der Waals surface area contributed by atoms with Crippen LogP contribution in [-0.2, 0) is 4.74 Å². The Labute approximate surface area is 132 Å². The highest BCUT2D eigenvalue weighted by molar-refractivity contribution is 7.10. The monoisotopic (exact) mass is 316 g/mol. The lowest BCUT2D eigenvalue weighted by Gasteiger charge is -2.23. The maximum absolute atomic E-state index is 12.7. The fraction of sp³-hybridized carbons (Fsp3) is 0.312. The number of aromatic nitrogens is 1. The Morgan fingerprint density at radius 1 is 1.36 bits per heavy atom. The molecule has 0 radical (unpaired) electrons. The van der Waals surface area contributed by atoms with E-state index in [9.17, 15) is 9.59 Å². The van der Waals surface area contributed by atoms with E-state index in [-0.39, 0.29) is 11.9 Å². The van der Waals surface area contributed by atoms with Crippen molar-refractivity contribution in [2.75, 3.05) is 13.7 Å². The van der Waals surface area contributed by atoms with Crippen LogP contribution < -0.4 is 0 Å². The number of nitrogens with zero attached hydrogens (tertiary/aromatic N) is 2. The molecule has 1 amide bonds. The van der Waals surface area contributed by atoms with Gasteiger partial charge in [-0.1, -0.05) is 6.07 Å². The van der Waals surface area contributed by atoms with Crippen molar-refractivity contribution in [3.63, 3.8) is 0 Å². The van der Waals surface area contributed by atoms with Crippen LogP contribution in [0.15, 0.2) is 35.8 Å². The molecule has 2 aromatic heterocycles. The maximum atomic E-state index is 12.7. The predicted molar refractivity (Wildman–Crippen MR) is 82.9 cm³/mol. The first-order chi connectivity index (χ1) is 10.7. The summed E-state index contributed by atoms with van der Waals surface area (Å²) in [6.45, 7) is 0.738. The fourth-order valence-corrected chi connectivity index (χ4v) is 3.57. The largest absolute Gasteiger partial charge is 0.465 e. The molecular formula is C16H16N2O3S. The van der Waals surface area contributed by atoms with Crippen molar-refractivity contribution in [1.29, 1.82) is 0 Å². The van der Waals surface area contributed by atoms with Gasteiger partial charge < -0.3 is 9.64 Å². The summed E-state index contributed by atoms with van der Waals surface area (Å²) in [5, 5.41) is 2.03. The van der Waals surface area contributed by atoms with E-state index in [1.54, 1.807) is 23.5 Å². The number of pyridine rings is 1. The van der Waals surface area contributed by atoms with Gasteiger partial charge in [-0.05, 0) is 36.4 Å². The Morgan fingerprint density at radius 3 is 2.86 bits per heavy atom. The van der Waals surface area contributed by atoms with Crippen LogP contribution >= 0.6 is 11.3 Å². The van der Waals surface area contributed by atoms with Crippen LogP contribution in [0.2, 0.25) is 0 Å². The van der Waals surface area contributed by atoms with Gasteiger partial charge in [-0.3, -0.25) is 9.78 Å². The van der Waals surface area contributed by atoms with Gasteiger partial charge in [-0.2, -0.15) is 0 Å². The Hall–Kier alpha value is -2.21. The van der Waals surface area contributed by atoms with Crippen molar-refractivity contribution < 1.29 is 14.3 Å². The third kappa shape index (κ3) is 2.74. The summed E-state index contributed by atoms with van der Waals surface area (Å²) < 4.78 is 4.63. The molecule has 1 unspecified atom stereocenters. The van der Waals surface area contributed by atoms with E-state index in [1.165, 1.54) is 18.2 Å². The topological polar surface area (TPSA) is 59.5 Å². The fourth-order valence-electron chi connectivity index (χ4n) is 2.69. The summed E-state index contributed by atoms with van der Waals surface area (Å²) >= 11 is 1.67. The SMILES string of the molecule is COC(=O)c1ccc(C(=O)N2CCCC2c2cccs2)nc1. The quantitative estimate of drug-likeness (QED) is 0.817. The van der Waals surface area contributed by atoms with Gasteiger partial charge in [-0.25, -0.2) is 4.79 Å². The number of hydrogen-bond acceptors (Lipinski definition) is 5. The second-order valence-corrected chi connectivity index (χ2v) is 6.07. The normalized spacial score (nSPS) is 17.5. The summed E-state index contributed by atoms with van der Waals surface area (Å²) in [7, 11) is 1.32. The molecule has 1 atom stereocenters. The van der Waals surface area contributed by atoms with Gasteiger partial charge in [0.1, 0.15) is 5.69 Å². The molecule has 114 valence electrons. The van der Waals surface area contributed by atoms with Gasteiger partial charge in [0, 0.05) is 17.6 Å². The minimum Gasteiger partial charge on any atom is -0.465 e. The zero-order valence-electron chi connectivity index (χ0n) is 12.2. The van der Waals surface area contributed by atoms with Gasteiger partial charge in [-0.15, -0.1) is 11.3 Å². The van der Waals surface area contributed by atoms with Gasteiger partial charge in [0.2, 0.25) is 0 Å². The third-order valence-corrected chi connectivity index (χ3v) is 4.76. The number of likely N-dealkylation sites (tertiary alicyclic amines) is 1. The molecule has 0 saturated carbocycles. The number of ether oxygens (including phenoxy) is 1. The Bertz CT molecular complexity index is 667. The molecular weight excluding hydrogens is 300 g/mol. The van der Waals surface area contributed by atoms with E-state index in [0.717, 1.165) is 19.4 Å². The second kappa shape index (κ2) is 6.27. The van der Waals surface area contributed by atoms with E-state index in [1.807, 2.05) is 16.3 Å². The smallest absolute Gasteiger partial charge is 0.339 e. The van der Waals surface area contributed by atoms with E-state index in [4.69, 9.17) is 0 Å². The first-order valence-corrected chi connectivity index (χ1v) is 7.97. The molecule has 5 nitrogen and oxygen atoms in total. The molecule has 1 fully saturated rings. The van der Waals surface area contributed by atoms with Crippen LogP contribution in [0.4, 0.5) is 0 Å². The van der Waals surface area contributed by atoms with Crippen molar-refractivity contribution in [2.24, 2.45) is 0 Å². The van der Waals surface area contributed by atoms with Gasteiger partial charge in [0.25, 0.3) is 5.91 Å². The number of thiophene rings is 1. The number of esters is 1. The van der Waals surface area contributed by atoms with Crippen LogP contribution in [0.5, 0.6) is 0 Å². The van der Waals surface area contributed by atoms with E-state index in [2.05, 4.69) is 15.8 Å². The molecule has 3 heterocycles. The van der Waals surface area contributed by atoms with Crippen LogP contribution in [0, 0.1) is 0 Å². The predicted octanol–water partition coefficient (Wildman–Crippen LogP) is 2.91. The minimum absolute atomic E-state index is 0.0904. The van der Waals surface area contributed by atoms with Crippen molar-refractivity contribution in [3.8, 4) is 0 Å². The van der Waals surface area contributed by atoms with Gasteiger partial charge in [0.15, 0.2) is 0 Å². The molecule has 0 bridgehead atoms.